The largest absolute Gasteiger partial charge is 0.330 e. The molecule has 0 aliphatic carbocycles. The molecule has 0 aromatic heterocycles. The van der Waals surface area contributed by atoms with Crippen molar-refractivity contribution in [2.45, 2.75) is 18.9 Å². The standard InChI is InChI=1S/C6H14N2/c1-8-5-3-6(8)2-4-7/h6H,2-5,7H2,1H3. The minimum absolute atomic E-state index is 0.806. The zero-order chi connectivity index (χ0) is 5.98. The second-order valence-corrected chi connectivity index (χ2v) is 2.50. The molecule has 1 atom stereocenters. The van der Waals surface area contributed by atoms with E-state index in [1.165, 1.54) is 19.4 Å². The van der Waals surface area contributed by atoms with Crippen molar-refractivity contribution < 1.29 is 0 Å². The first-order valence-corrected chi connectivity index (χ1v) is 3.25. The summed E-state index contributed by atoms with van der Waals surface area (Å²) in [6.07, 6.45) is 2.53. The number of likely N-dealkylation sites (tertiary alicyclic amines) is 1. The molecular formula is C6H14N2. The molecule has 0 aromatic rings. The van der Waals surface area contributed by atoms with E-state index in [4.69, 9.17) is 5.73 Å². The molecule has 0 spiro atoms. The predicted octanol–water partition coefficient (Wildman–Crippen LogP) is 0.0393. The molecule has 8 heavy (non-hydrogen) atoms. The van der Waals surface area contributed by atoms with E-state index in [-0.39, 0.29) is 0 Å². The van der Waals surface area contributed by atoms with Crippen LogP contribution >= 0.6 is 0 Å². The number of hydrogen-bond acceptors (Lipinski definition) is 2. The van der Waals surface area contributed by atoms with Gasteiger partial charge in [0.2, 0.25) is 0 Å². The lowest BCUT2D eigenvalue weighted by Gasteiger charge is -2.37. The Morgan fingerprint density at radius 3 is 2.62 bits per heavy atom. The predicted molar refractivity (Wildman–Crippen MR) is 34.7 cm³/mol. The monoisotopic (exact) mass is 114 g/mol. The first kappa shape index (κ1) is 6.05. The molecule has 0 radical (unpaired) electrons. The molecule has 2 heteroatoms. The Kier molecular flexibility index (Phi) is 1.86. The van der Waals surface area contributed by atoms with Gasteiger partial charge in [0.05, 0.1) is 0 Å². The average molecular weight is 114 g/mol. The van der Waals surface area contributed by atoms with Crippen LogP contribution in [0.4, 0.5) is 0 Å². The third-order valence-corrected chi connectivity index (χ3v) is 1.94. The molecular weight excluding hydrogens is 100 g/mol. The lowest BCUT2D eigenvalue weighted by atomic mass is 10.0. The van der Waals surface area contributed by atoms with Crippen molar-refractivity contribution in [3.8, 4) is 0 Å². The van der Waals surface area contributed by atoms with E-state index in [0.717, 1.165) is 12.6 Å². The van der Waals surface area contributed by atoms with Crippen molar-refractivity contribution in [1.82, 2.24) is 4.90 Å². The highest BCUT2D eigenvalue weighted by Crippen LogP contribution is 2.16. The van der Waals surface area contributed by atoms with E-state index >= 15 is 0 Å². The molecule has 1 rings (SSSR count). The van der Waals surface area contributed by atoms with Crippen LogP contribution in [0.25, 0.3) is 0 Å². The van der Waals surface area contributed by atoms with E-state index in [1.807, 2.05) is 0 Å². The van der Waals surface area contributed by atoms with Crippen molar-refractivity contribution in [2.24, 2.45) is 5.73 Å². The summed E-state index contributed by atoms with van der Waals surface area (Å²) in [7, 11) is 2.16. The van der Waals surface area contributed by atoms with Crippen LogP contribution in [0.3, 0.4) is 0 Å². The lowest BCUT2D eigenvalue weighted by Crippen LogP contribution is -2.45. The maximum Gasteiger partial charge on any atom is 0.0116 e. The lowest BCUT2D eigenvalue weighted by molar-refractivity contribution is 0.121. The van der Waals surface area contributed by atoms with E-state index in [1.54, 1.807) is 0 Å². The molecule has 0 saturated carbocycles. The molecule has 1 unspecified atom stereocenters. The number of hydrogen-bond donors (Lipinski definition) is 1. The van der Waals surface area contributed by atoms with Gasteiger partial charge in [-0.05, 0) is 33.0 Å². The summed E-state index contributed by atoms with van der Waals surface area (Å²) < 4.78 is 0. The third-order valence-electron chi connectivity index (χ3n) is 1.94. The summed E-state index contributed by atoms with van der Waals surface area (Å²) in [5.74, 6) is 0. The zero-order valence-electron chi connectivity index (χ0n) is 5.43. The number of rotatable bonds is 2. The topological polar surface area (TPSA) is 29.3 Å². The van der Waals surface area contributed by atoms with Crippen LogP contribution in [0, 0.1) is 0 Å². The normalized spacial score (nSPS) is 30.0. The van der Waals surface area contributed by atoms with Crippen LogP contribution in [0.2, 0.25) is 0 Å². The molecule has 0 amide bonds. The highest BCUT2D eigenvalue weighted by Gasteiger charge is 2.22. The van der Waals surface area contributed by atoms with Gasteiger partial charge in [-0.3, -0.25) is 0 Å². The van der Waals surface area contributed by atoms with Gasteiger partial charge in [0, 0.05) is 6.04 Å². The maximum atomic E-state index is 5.37. The van der Waals surface area contributed by atoms with Crippen molar-refractivity contribution in [3.05, 3.63) is 0 Å². The first-order valence-electron chi connectivity index (χ1n) is 3.25. The Hall–Kier alpha value is -0.0800. The fourth-order valence-electron chi connectivity index (χ4n) is 1.13. The second kappa shape index (κ2) is 2.46. The smallest absolute Gasteiger partial charge is 0.0116 e. The van der Waals surface area contributed by atoms with Crippen LogP contribution < -0.4 is 5.73 Å². The minimum Gasteiger partial charge on any atom is -0.330 e. The summed E-state index contributed by atoms with van der Waals surface area (Å²) in [4.78, 5) is 2.35. The number of nitrogens with zero attached hydrogens (tertiary/aromatic N) is 1. The van der Waals surface area contributed by atoms with E-state index in [9.17, 15) is 0 Å². The molecule has 1 saturated heterocycles. The van der Waals surface area contributed by atoms with Crippen LogP contribution in [0.5, 0.6) is 0 Å². The third kappa shape index (κ3) is 1.01. The fourth-order valence-corrected chi connectivity index (χ4v) is 1.13. The summed E-state index contributed by atoms with van der Waals surface area (Å²) in [6.45, 7) is 2.11. The van der Waals surface area contributed by atoms with Gasteiger partial charge in [-0.25, -0.2) is 0 Å². The average Bonchev–Trinajstić information content (AvgIpc) is 1.79. The van der Waals surface area contributed by atoms with Gasteiger partial charge in [0.1, 0.15) is 0 Å². The highest BCUT2D eigenvalue weighted by molar-refractivity contribution is 4.79. The molecule has 0 aromatic carbocycles. The highest BCUT2D eigenvalue weighted by atomic mass is 15.2. The molecule has 1 aliphatic heterocycles. The Balaban J connectivity index is 2.08. The number of nitrogens with two attached hydrogens (primary N) is 1. The molecule has 0 bridgehead atoms. The van der Waals surface area contributed by atoms with Crippen molar-refractivity contribution in [2.75, 3.05) is 20.1 Å². The molecule has 2 N–H and O–H groups in total. The summed E-state index contributed by atoms with van der Waals surface area (Å²) >= 11 is 0. The van der Waals surface area contributed by atoms with Crippen LogP contribution in [-0.4, -0.2) is 31.1 Å². The summed E-state index contributed by atoms with van der Waals surface area (Å²) in [6, 6.07) is 0.806. The van der Waals surface area contributed by atoms with Crippen molar-refractivity contribution in [1.29, 1.82) is 0 Å². The van der Waals surface area contributed by atoms with Crippen LogP contribution in [0.1, 0.15) is 12.8 Å². The molecule has 1 heterocycles. The van der Waals surface area contributed by atoms with Gasteiger partial charge >= 0.3 is 0 Å². The zero-order valence-corrected chi connectivity index (χ0v) is 5.43. The van der Waals surface area contributed by atoms with Crippen LogP contribution in [0.15, 0.2) is 0 Å². The second-order valence-electron chi connectivity index (χ2n) is 2.50. The van der Waals surface area contributed by atoms with Crippen molar-refractivity contribution in [3.63, 3.8) is 0 Å². The maximum absolute atomic E-state index is 5.37. The Morgan fingerprint density at radius 2 is 2.50 bits per heavy atom. The van der Waals surface area contributed by atoms with E-state index in [0.29, 0.717) is 0 Å². The van der Waals surface area contributed by atoms with Crippen molar-refractivity contribution >= 4 is 0 Å². The summed E-state index contributed by atoms with van der Waals surface area (Å²) in [5.41, 5.74) is 5.37. The molecule has 2 nitrogen and oxygen atoms in total. The first-order chi connectivity index (χ1) is 3.84. The van der Waals surface area contributed by atoms with Gasteiger partial charge in [0.25, 0.3) is 0 Å². The Morgan fingerprint density at radius 1 is 1.75 bits per heavy atom. The fraction of sp³-hybridized carbons (Fsp3) is 1.00. The van der Waals surface area contributed by atoms with Gasteiger partial charge in [-0.15, -0.1) is 0 Å². The molecule has 1 aliphatic rings. The van der Waals surface area contributed by atoms with Gasteiger partial charge < -0.3 is 10.6 Å². The van der Waals surface area contributed by atoms with Crippen LogP contribution in [-0.2, 0) is 0 Å². The quantitative estimate of drug-likeness (QED) is 0.549. The van der Waals surface area contributed by atoms with Gasteiger partial charge in [-0.1, -0.05) is 0 Å². The summed E-state index contributed by atoms with van der Waals surface area (Å²) in [5, 5.41) is 0. The Labute approximate surface area is 50.7 Å². The SMILES string of the molecule is CN1CCC1CCN. The Bertz CT molecular complexity index is 72.9. The van der Waals surface area contributed by atoms with Gasteiger partial charge in [0.15, 0.2) is 0 Å². The van der Waals surface area contributed by atoms with Gasteiger partial charge in [-0.2, -0.15) is 0 Å². The minimum atomic E-state index is 0.806. The molecule has 1 fully saturated rings. The van der Waals surface area contributed by atoms with E-state index in [2.05, 4.69) is 11.9 Å². The van der Waals surface area contributed by atoms with E-state index < -0.39 is 0 Å². The molecule has 48 valence electrons.